The van der Waals surface area contributed by atoms with Crippen LogP contribution in [0.4, 0.5) is 0 Å². The third-order valence-electron chi connectivity index (χ3n) is 8.46. The van der Waals surface area contributed by atoms with Crippen LogP contribution in [0.1, 0.15) is 25.0 Å². The van der Waals surface area contributed by atoms with Crippen LogP contribution in [0.3, 0.4) is 0 Å². The van der Waals surface area contributed by atoms with Gasteiger partial charge in [0.05, 0.1) is 22.4 Å². The highest BCUT2D eigenvalue weighted by molar-refractivity contribution is 6.19. The minimum absolute atomic E-state index is 0.0425. The van der Waals surface area contributed by atoms with E-state index in [1.807, 2.05) is 12.1 Å². The van der Waals surface area contributed by atoms with Gasteiger partial charge in [-0.2, -0.15) is 0 Å². The average Bonchev–Trinajstić information content (AvgIpc) is 3.23. The van der Waals surface area contributed by atoms with Crippen molar-refractivity contribution in [1.82, 2.24) is 9.97 Å². The number of fused-ring (bicyclic) bond motifs is 8. The molecule has 2 aromatic heterocycles. The van der Waals surface area contributed by atoms with E-state index in [0.717, 1.165) is 38.9 Å². The van der Waals surface area contributed by atoms with Crippen LogP contribution < -0.4 is 0 Å². The molecule has 5 aromatic carbocycles. The molecule has 7 aromatic rings. The molecule has 39 heavy (non-hydrogen) atoms. The van der Waals surface area contributed by atoms with Crippen LogP contribution in [0.5, 0.6) is 0 Å². The number of para-hydroxylation sites is 2. The normalized spacial score (nSPS) is 13.6. The van der Waals surface area contributed by atoms with Crippen LogP contribution in [0.25, 0.3) is 66.2 Å². The topological polar surface area (TPSA) is 25.8 Å². The van der Waals surface area contributed by atoms with Gasteiger partial charge in [0.2, 0.25) is 0 Å². The highest BCUT2D eigenvalue weighted by Gasteiger charge is 2.36. The maximum absolute atomic E-state index is 5.22. The molecule has 184 valence electrons. The van der Waals surface area contributed by atoms with Crippen LogP contribution in [0, 0.1) is 0 Å². The van der Waals surface area contributed by atoms with Gasteiger partial charge < -0.3 is 0 Å². The highest BCUT2D eigenvalue weighted by atomic mass is 14.7. The molecule has 0 atom stereocenters. The Kier molecular flexibility index (Phi) is 4.60. The van der Waals surface area contributed by atoms with Crippen molar-refractivity contribution in [3.63, 3.8) is 0 Å². The zero-order chi connectivity index (χ0) is 26.1. The second-order valence-electron chi connectivity index (χ2n) is 11.0. The fourth-order valence-electron chi connectivity index (χ4n) is 6.48. The number of nitrogens with zero attached hydrogens (tertiary/aromatic N) is 2. The lowest BCUT2D eigenvalue weighted by Gasteiger charge is -2.22. The summed E-state index contributed by atoms with van der Waals surface area (Å²) in [7, 11) is 0. The molecule has 1 aliphatic rings. The van der Waals surface area contributed by atoms with Crippen molar-refractivity contribution in [1.29, 1.82) is 0 Å². The van der Waals surface area contributed by atoms with Crippen molar-refractivity contribution in [3.05, 3.63) is 132 Å². The van der Waals surface area contributed by atoms with Crippen molar-refractivity contribution < 1.29 is 0 Å². The maximum atomic E-state index is 5.22. The van der Waals surface area contributed by atoms with Crippen molar-refractivity contribution in [2.24, 2.45) is 0 Å². The summed E-state index contributed by atoms with van der Waals surface area (Å²) in [6, 6.07) is 43.3. The molecular weight excluding hydrogens is 472 g/mol. The van der Waals surface area contributed by atoms with Gasteiger partial charge in [-0.3, -0.25) is 0 Å². The van der Waals surface area contributed by atoms with E-state index < -0.39 is 0 Å². The van der Waals surface area contributed by atoms with Gasteiger partial charge in [-0.15, -0.1) is 0 Å². The second-order valence-corrected chi connectivity index (χ2v) is 11.0. The van der Waals surface area contributed by atoms with Crippen LogP contribution in [0.15, 0.2) is 121 Å². The van der Waals surface area contributed by atoms with Crippen LogP contribution >= 0.6 is 0 Å². The third kappa shape index (κ3) is 3.21. The molecular formula is C37H26N2. The number of hydrogen-bond acceptors (Lipinski definition) is 2. The van der Waals surface area contributed by atoms with Crippen LogP contribution in [-0.4, -0.2) is 9.97 Å². The molecule has 0 fully saturated rings. The van der Waals surface area contributed by atoms with E-state index in [9.17, 15) is 0 Å². The monoisotopic (exact) mass is 498 g/mol. The van der Waals surface area contributed by atoms with Gasteiger partial charge in [-0.05, 0) is 40.5 Å². The summed E-state index contributed by atoms with van der Waals surface area (Å²) < 4.78 is 0. The van der Waals surface area contributed by atoms with Gasteiger partial charge in [-0.1, -0.05) is 117 Å². The Bertz CT molecular complexity index is 2080. The van der Waals surface area contributed by atoms with E-state index in [1.165, 1.54) is 38.4 Å². The predicted octanol–water partition coefficient (Wildman–Crippen LogP) is 9.58. The van der Waals surface area contributed by atoms with Crippen LogP contribution in [-0.2, 0) is 5.41 Å². The minimum Gasteiger partial charge on any atom is -0.248 e. The van der Waals surface area contributed by atoms with Crippen molar-refractivity contribution in [2.45, 2.75) is 19.3 Å². The quantitative estimate of drug-likeness (QED) is 0.222. The summed E-state index contributed by atoms with van der Waals surface area (Å²) in [5.74, 6) is 0. The van der Waals surface area contributed by atoms with E-state index in [0.29, 0.717) is 0 Å². The largest absolute Gasteiger partial charge is 0.248 e. The van der Waals surface area contributed by atoms with E-state index in [-0.39, 0.29) is 5.41 Å². The highest BCUT2D eigenvalue weighted by Crippen LogP contribution is 2.53. The lowest BCUT2D eigenvalue weighted by molar-refractivity contribution is 0.661. The molecule has 0 aliphatic heterocycles. The molecule has 2 nitrogen and oxygen atoms in total. The molecule has 0 saturated carbocycles. The van der Waals surface area contributed by atoms with E-state index >= 15 is 0 Å². The molecule has 0 amide bonds. The smallest absolute Gasteiger partial charge is 0.0788 e. The zero-order valence-electron chi connectivity index (χ0n) is 21.9. The fraction of sp³-hybridized carbons (Fsp3) is 0.0811. The molecule has 8 rings (SSSR count). The van der Waals surface area contributed by atoms with E-state index in [1.54, 1.807) is 0 Å². The summed E-state index contributed by atoms with van der Waals surface area (Å²) >= 11 is 0. The standard InChI is InChI=1S/C37H26N2/c1-37(2)29-12-6-4-10-26(29)35-30(37)21-20-28-34(35)27-11-5-8-14-33(27)39-36(28)25-17-15-24(16-18-25)32-22-19-23-9-3-7-13-31(23)38-32/h3-22H,1-2H3. The van der Waals surface area contributed by atoms with Gasteiger partial charge in [0.1, 0.15) is 0 Å². The fourth-order valence-corrected chi connectivity index (χ4v) is 6.48. The average molecular weight is 499 g/mol. The van der Waals surface area contributed by atoms with Gasteiger partial charge in [0.15, 0.2) is 0 Å². The first-order valence-electron chi connectivity index (χ1n) is 13.5. The number of hydrogen-bond donors (Lipinski definition) is 0. The molecule has 0 radical (unpaired) electrons. The molecule has 0 spiro atoms. The molecule has 0 unspecified atom stereocenters. The first-order valence-corrected chi connectivity index (χ1v) is 13.5. The molecule has 0 N–H and O–H groups in total. The molecule has 2 heteroatoms. The Hall–Kier alpha value is -4.82. The van der Waals surface area contributed by atoms with Gasteiger partial charge in [0.25, 0.3) is 0 Å². The Labute approximate surface area is 227 Å². The van der Waals surface area contributed by atoms with Gasteiger partial charge in [0, 0.05) is 38.1 Å². The maximum Gasteiger partial charge on any atom is 0.0788 e. The SMILES string of the molecule is CC1(C)c2ccccc2-c2c1ccc1c(-c3ccc(-c4ccc5ccccc5n4)cc3)nc3ccccc3c21. The summed E-state index contributed by atoms with van der Waals surface area (Å²) in [4.78, 5) is 10.1. The van der Waals surface area contributed by atoms with Crippen molar-refractivity contribution in [2.75, 3.05) is 0 Å². The third-order valence-corrected chi connectivity index (χ3v) is 8.46. The van der Waals surface area contributed by atoms with Crippen molar-refractivity contribution >= 4 is 32.6 Å². The zero-order valence-corrected chi connectivity index (χ0v) is 21.9. The second kappa shape index (κ2) is 8.09. The first-order chi connectivity index (χ1) is 19.1. The Balaban J connectivity index is 1.35. The summed E-state index contributed by atoms with van der Waals surface area (Å²) in [5, 5.41) is 4.85. The lowest BCUT2D eigenvalue weighted by atomic mass is 9.82. The molecule has 0 bridgehead atoms. The minimum atomic E-state index is -0.0425. The van der Waals surface area contributed by atoms with Crippen molar-refractivity contribution in [3.8, 4) is 33.6 Å². The van der Waals surface area contributed by atoms with Crippen LogP contribution in [0.2, 0.25) is 0 Å². The Morgan fingerprint density at radius 2 is 1.23 bits per heavy atom. The number of rotatable bonds is 2. The molecule has 2 heterocycles. The number of aromatic nitrogens is 2. The van der Waals surface area contributed by atoms with Gasteiger partial charge >= 0.3 is 0 Å². The van der Waals surface area contributed by atoms with Gasteiger partial charge in [-0.25, -0.2) is 9.97 Å². The summed E-state index contributed by atoms with van der Waals surface area (Å²) in [5.41, 5.74) is 11.7. The lowest BCUT2D eigenvalue weighted by Crippen LogP contribution is -2.14. The Morgan fingerprint density at radius 1 is 0.513 bits per heavy atom. The first kappa shape index (κ1) is 22.2. The summed E-state index contributed by atoms with van der Waals surface area (Å²) in [6.07, 6.45) is 0. The predicted molar refractivity (Wildman–Crippen MR) is 163 cm³/mol. The summed E-state index contributed by atoms with van der Waals surface area (Å²) in [6.45, 7) is 4.68. The van der Waals surface area contributed by atoms with E-state index in [2.05, 4.69) is 123 Å². The van der Waals surface area contributed by atoms with E-state index in [4.69, 9.17) is 9.97 Å². The molecule has 0 saturated heterocycles. The Morgan fingerprint density at radius 3 is 2.10 bits per heavy atom. The molecule has 1 aliphatic carbocycles. The number of pyridine rings is 2. The number of benzene rings is 5.